The minimum absolute atomic E-state index is 0.746. The molecule has 87 valence electrons. The van der Waals surface area contributed by atoms with Crippen LogP contribution in [0.5, 0.6) is 5.75 Å². The molecule has 0 spiro atoms. The second-order valence-electron chi connectivity index (χ2n) is 4.00. The SMILES string of the molecule is [CH2]c1ccccc1-c1ccccc1OCCC. The molecule has 0 aromatic heterocycles. The monoisotopic (exact) mass is 225 g/mol. The van der Waals surface area contributed by atoms with Crippen LogP contribution in [0.4, 0.5) is 0 Å². The Bertz CT molecular complexity index is 488. The summed E-state index contributed by atoms with van der Waals surface area (Å²) in [4.78, 5) is 0. The Hall–Kier alpha value is -1.76. The Morgan fingerprint density at radius 3 is 2.29 bits per heavy atom. The second-order valence-corrected chi connectivity index (χ2v) is 4.00. The van der Waals surface area contributed by atoms with E-state index < -0.39 is 0 Å². The van der Waals surface area contributed by atoms with Gasteiger partial charge in [0.15, 0.2) is 0 Å². The quantitative estimate of drug-likeness (QED) is 0.752. The molecule has 0 atom stereocenters. The molecule has 0 N–H and O–H groups in total. The van der Waals surface area contributed by atoms with Gasteiger partial charge in [-0.05, 0) is 30.5 Å². The van der Waals surface area contributed by atoms with E-state index in [0.717, 1.165) is 35.5 Å². The molecule has 1 heteroatoms. The van der Waals surface area contributed by atoms with Gasteiger partial charge in [0.2, 0.25) is 0 Å². The molecule has 1 nitrogen and oxygen atoms in total. The van der Waals surface area contributed by atoms with Crippen LogP contribution in [0.1, 0.15) is 18.9 Å². The van der Waals surface area contributed by atoms with Gasteiger partial charge in [0.25, 0.3) is 0 Å². The summed E-state index contributed by atoms with van der Waals surface area (Å²) in [5.41, 5.74) is 3.28. The highest BCUT2D eigenvalue weighted by atomic mass is 16.5. The molecule has 2 aromatic carbocycles. The second kappa shape index (κ2) is 5.53. The standard InChI is InChI=1S/C16H17O/c1-3-12-17-16-11-7-6-10-15(16)14-9-5-4-8-13(14)2/h4-11H,2-3,12H2,1H3. The molecule has 0 bridgehead atoms. The van der Waals surface area contributed by atoms with E-state index >= 15 is 0 Å². The van der Waals surface area contributed by atoms with Crippen molar-refractivity contribution in [3.8, 4) is 16.9 Å². The van der Waals surface area contributed by atoms with Crippen molar-refractivity contribution in [2.75, 3.05) is 6.61 Å². The van der Waals surface area contributed by atoms with Crippen molar-refractivity contribution in [3.05, 3.63) is 61.0 Å². The number of hydrogen-bond acceptors (Lipinski definition) is 1. The molecule has 0 saturated carbocycles. The van der Waals surface area contributed by atoms with Gasteiger partial charge in [-0.1, -0.05) is 49.4 Å². The van der Waals surface area contributed by atoms with Gasteiger partial charge in [0.05, 0.1) is 6.61 Å². The summed E-state index contributed by atoms with van der Waals surface area (Å²) < 4.78 is 5.77. The summed E-state index contributed by atoms with van der Waals surface area (Å²) in [6.45, 7) is 6.92. The summed E-state index contributed by atoms with van der Waals surface area (Å²) in [5, 5.41) is 0. The zero-order valence-corrected chi connectivity index (χ0v) is 10.1. The molecule has 0 heterocycles. The van der Waals surface area contributed by atoms with E-state index in [9.17, 15) is 0 Å². The van der Waals surface area contributed by atoms with Crippen LogP contribution < -0.4 is 4.74 Å². The first-order valence-corrected chi connectivity index (χ1v) is 5.96. The normalized spacial score (nSPS) is 10.2. The maximum Gasteiger partial charge on any atom is 0.127 e. The number of benzene rings is 2. The fourth-order valence-electron chi connectivity index (χ4n) is 1.81. The molecule has 2 rings (SSSR count). The number of para-hydroxylation sites is 1. The summed E-state index contributed by atoms with van der Waals surface area (Å²) in [6.07, 6.45) is 1.01. The van der Waals surface area contributed by atoms with Crippen LogP contribution in [0.15, 0.2) is 48.5 Å². The molecule has 0 amide bonds. The van der Waals surface area contributed by atoms with Gasteiger partial charge in [0, 0.05) is 5.56 Å². The molecule has 0 aliphatic carbocycles. The van der Waals surface area contributed by atoms with E-state index in [2.05, 4.69) is 26.0 Å². The lowest BCUT2D eigenvalue weighted by atomic mass is 10.00. The zero-order chi connectivity index (χ0) is 12.1. The molecule has 0 aliphatic heterocycles. The van der Waals surface area contributed by atoms with Crippen molar-refractivity contribution < 1.29 is 4.74 Å². The van der Waals surface area contributed by atoms with E-state index in [1.54, 1.807) is 0 Å². The summed E-state index contributed by atoms with van der Waals surface area (Å²) >= 11 is 0. The first-order valence-electron chi connectivity index (χ1n) is 5.96. The van der Waals surface area contributed by atoms with Crippen LogP contribution in [-0.2, 0) is 0 Å². The maximum atomic E-state index is 5.77. The summed E-state index contributed by atoms with van der Waals surface area (Å²) in [6, 6.07) is 16.2. The van der Waals surface area contributed by atoms with Crippen LogP contribution in [0.3, 0.4) is 0 Å². The van der Waals surface area contributed by atoms with E-state index in [1.165, 1.54) is 0 Å². The van der Waals surface area contributed by atoms with Crippen LogP contribution >= 0.6 is 0 Å². The average molecular weight is 225 g/mol. The summed E-state index contributed by atoms with van der Waals surface area (Å²) in [5.74, 6) is 0.936. The van der Waals surface area contributed by atoms with Crippen LogP contribution in [-0.4, -0.2) is 6.61 Å². The van der Waals surface area contributed by atoms with Gasteiger partial charge >= 0.3 is 0 Å². The third-order valence-corrected chi connectivity index (χ3v) is 2.66. The molecule has 0 saturated heterocycles. The molecular formula is C16H17O. The number of ether oxygens (including phenoxy) is 1. The lowest BCUT2D eigenvalue weighted by Gasteiger charge is -2.12. The van der Waals surface area contributed by atoms with Crippen molar-refractivity contribution in [3.63, 3.8) is 0 Å². The van der Waals surface area contributed by atoms with Gasteiger partial charge in [-0.25, -0.2) is 0 Å². The fourth-order valence-corrected chi connectivity index (χ4v) is 1.81. The van der Waals surface area contributed by atoms with Crippen molar-refractivity contribution >= 4 is 0 Å². The van der Waals surface area contributed by atoms with Gasteiger partial charge in [-0.2, -0.15) is 0 Å². The van der Waals surface area contributed by atoms with Crippen LogP contribution in [0.25, 0.3) is 11.1 Å². The van der Waals surface area contributed by atoms with Crippen LogP contribution in [0.2, 0.25) is 0 Å². The Balaban J connectivity index is 2.41. The predicted octanol–water partition coefficient (Wildman–Crippen LogP) is 4.32. The van der Waals surface area contributed by atoms with E-state index in [0.29, 0.717) is 0 Å². The fraction of sp³-hybridized carbons (Fsp3) is 0.188. The average Bonchev–Trinajstić information content (AvgIpc) is 2.37. The number of rotatable bonds is 4. The van der Waals surface area contributed by atoms with E-state index in [-0.39, 0.29) is 0 Å². The first-order chi connectivity index (χ1) is 8.33. The van der Waals surface area contributed by atoms with Crippen molar-refractivity contribution in [1.82, 2.24) is 0 Å². The third-order valence-electron chi connectivity index (χ3n) is 2.66. The maximum absolute atomic E-state index is 5.77. The van der Waals surface area contributed by atoms with Crippen molar-refractivity contribution in [2.24, 2.45) is 0 Å². The molecular weight excluding hydrogens is 208 g/mol. The minimum Gasteiger partial charge on any atom is -0.493 e. The first kappa shape index (κ1) is 11.7. The van der Waals surface area contributed by atoms with Crippen LogP contribution in [0, 0.1) is 6.92 Å². The smallest absolute Gasteiger partial charge is 0.127 e. The Morgan fingerprint density at radius 2 is 1.59 bits per heavy atom. The van der Waals surface area contributed by atoms with E-state index in [4.69, 9.17) is 4.74 Å². The lowest BCUT2D eigenvalue weighted by molar-refractivity contribution is 0.318. The van der Waals surface area contributed by atoms with Crippen molar-refractivity contribution in [1.29, 1.82) is 0 Å². The number of hydrogen-bond donors (Lipinski definition) is 0. The topological polar surface area (TPSA) is 9.23 Å². The highest BCUT2D eigenvalue weighted by Gasteiger charge is 2.07. The zero-order valence-electron chi connectivity index (χ0n) is 10.1. The Kier molecular flexibility index (Phi) is 3.81. The highest BCUT2D eigenvalue weighted by Crippen LogP contribution is 2.31. The van der Waals surface area contributed by atoms with E-state index in [1.807, 2.05) is 36.4 Å². The molecule has 0 aliphatic rings. The molecule has 1 radical (unpaired) electrons. The lowest BCUT2D eigenvalue weighted by Crippen LogP contribution is -1.97. The summed E-state index contributed by atoms with van der Waals surface area (Å²) in [7, 11) is 0. The minimum atomic E-state index is 0.746. The predicted molar refractivity (Wildman–Crippen MR) is 72.1 cm³/mol. The van der Waals surface area contributed by atoms with Gasteiger partial charge in [-0.15, -0.1) is 0 Å². The van der Waals surface area contributed by atoms with Gasteiger partial charge in [0.1, 0.15) is 5.75 Å². The molecule has 0 unspecified atom stereocenters. The van der Waals surface area contributed by atoms with Crippen molar-refractivity contribution in [2.45, 2.75) is 13.3 Å². The molecule has 17 heavy (non-hydrogen) atoms. The highest BCUT2D eigenvalue weighted by molar-refractivity contribution is 5.73. The molecule has 2 aromatic rings. The van der Waals surface area contributed by atoms with Gasteiger partial charge in [-0.3, -0.25) is 0 Å². The Labute approximate surface area is 103 Å². The largest absolute Gasteiger partial charge is 0.493 e. The third kappa shape index (κ3) is 2.68. The Morgan fingerprint density at radius 1 is 0.941 bits per heavy atom. The molecule has 0 fully saturated rings. The van der Waals surface area contributed by atoms with Gasteiger partial charge < -0.3 is 4.74 Å².